The highest BCUT2D eigenvalue weighted by atomic mass is 32.2. The Morgan fingerprint density at radius 2 is 2.15 bits per heavy atom. The van der Waals surface area contributed by atoms with Gasteiger partial charge in [0, 0.05) is 24.6 Å². The molecule has 0 bridgehead atoms. The Balaban J connectivity index is 1.31. The van der Waals surface area contributed by atoms with Gasteiger partial charge in [0.2, 0.25) is 11.1 Å². The molecule has 1 saturated carbocycles. The number of tetrazole rings is 1. The lowest BCUT2D eigenvalue weighted by Crippen LogP contribution is -2.30. The fourth-order valence-electron chi connectivity index (χ4n) is 2.55. The maximum Gasteiger partial charge on any atom is 0.233 e. The number of rotatable bonds is 7. The van der Waals surface area contributed by atoms with Crippen molar-refractivity contribution in [3.05, 3.63) is 48.5 Å². The van der Waals surface area contributed by atoms with Gasteiger partial charge in [0.25, 0.3) is 0 Å². The van der Waals surface area contributed by atoms with Crippen LogP contribution in [0, 0.1) is 0 Å². The molecule has 1 aliphatic rings. The minimum Gasteiger partial charge on any atom is -0.351 e. The van der Waals surface area contributed by atoms with Crippen molar-refractivity contribution in [1.82, 2.24) is 35.1 Å². The van der Waals surface area contributed by atoms with Crippen LogP contribution < -0.4 is 5.32 Å². The number of hydrogen-bond donors (Lipinski definition) is 1. The number of nitrogens with one attached hydrogen (secondary N) is 1. The van der Waals surface area contributed by atoms with Crippen LogP contribution in [-0.4, -0.2) is 40.9 Å². The molecule has 1 aliphatic carbocycles. The van der Waals surface area contributed by atoms with Crippen LogP contribution in [0.25, 0.3) is 5.69 Å². The zero-order chi connectivity index (χ0) is 17.9. The third-order valence-corrected chi connectivity index (χ3v) is 5.26. The average Bonchev–Trinajstić information content (AvgIpc) is 3.16. The van der Waals surface area contributed by atoms with Crippen LogP contribution in [0.5, 0.6) is 0 Å². The van der Waals surface area contributed by atoms with Gasteiger partial charge in [-0.3, -0.25) is 4.79 Å². The molecule has 1 N–H and O–H groups in total. The second kappa shape index (κ2) is 7.28. The van der Waals surface area contributed by atoms with Crippen molar-refractivity contribution < 1.29 is 4.79 Å². The first kappa shape index (κ1) is 16.8. The molecule has 2 aromatic heterocycles. The van der Waals surface area contributed by atoms with Gasteiger partial charge in [0.1, 0.15) is 0 Å². The number of imidazole rings is 1. The van der Waals surface area contributed by atoms with Gasteiger partial charge in [-0.2, -0.15) is 0 Å². The van der Waals surface area contributed by atoms with Gasteiger partial charge in [0.05, 0.1) is 17.6 Å². The summed E-state index contributed by atoms with van der Waals surface area (Å²) in [6, 6.07) is 8.41. The summed E-state index contributed by atoms with van der Waals surface area (Å²) < 4.78 is 3.76. The van der Waals surface area contributed by atoms with E-state index in [0.717, 1.165) is 24.1 Å². The Labute approximate surface area is 155 Å². The van der Waals surface area contributed by atoms with Crippen LogP contribution in [0.3, 0.4) is 0 Å². The number of nitrogens with zero attached hydrogens (tertiary/aromatic N) is 6. The maximum atomic E-state index is 12.4. The molecule has 1 fully saturated rings. The molecular weight excluding hydrogens is 350 g/mol. The molecule has 0 aliphatic heterocycles. The summed E-state index contributed by atoms with van der Waals surface area (Å²) in [6.07, 6.45) is 7.60. The smallest absolute Gasteiger partial charge is 0.233 e. The fraction of sp³-hybridized carbons (Fsp3) is 0.353. The number of amides is 1. The second-order valence-corrected chi connectivity index (χ2v) is 7.56. The molecule has 0 radical (unpaired) electrons. The molecule has 0 spiro atoms. The Morgan fingerprint density at radius 1 is 1.35 bits per heavy atom. The monoisotopic (exact) mass is 369 g/mol. The normalized spacial score (nSPS) is 15.0. The van der Waals surface area contributed by atoms with Gasteiger partial charge in [-0.05, 0) is 47.9 Å². The molecule has 3 aromatic rings. The van der Waals surface area contributed by atoms with E-state index in [1.54, 1.807) is 12.5 Å². The maximum absolute atomic E-state index is 12.4. The van der Waals surface area contributed by atoms with E-state index in [0.29, 0.717) is 17.7 Å². The first-order valence-electron chi connectivity index (χ1n) is 8.50. The molecule has 1 amide bonds. The number of carbonyl (C=O) groups excluding carboxylic acids is 1. The van der Waals surface area contributed by atoms with E-state index in [1.165, 1.54) is 11.8 Å². The number of carbonyl (C=O) groups is 1. The Bertz CT molecular complexity index is 871. The predicted octanol–water partition coefficient (Wildman–Crippen LogP) is 1.99. The van der Waals surface area contributed by atoms with Crippen molar-refractivity contribution in [2.45, 2.75) is 42.8 Å². The van der Waals surface area contributed by atoms with Crippen molar-refractivity contribution in [2.75, 3.05) is 0 Å². The standard InChI is InChI=1S/C17H19N7OS/c1-12(26-17-20-21-22-24(17)15-6-7-15)16(25)19-10-13-2-4-14(5-3-13)23-9-8-18-11-23/h2-5,8-9,11-12,15H,6-7,10H2,1H3,(H,19,25). The van der Waals surface area contributed by atoms with Crippen LogP contribution in [-0.2, 0) is 11.3 Å². The molecule has 2 heterocycles. The van der Waals surface area contributed by atoms with Crippen molar-refractivity contribution >= 4 is 17.7 Å². The summed E-state index contributed by atoms with van der Waals surface area (Å²) in [6.45, 7) is 2.36. The van der Waals surface area contributed by atoms with Crippen LogP contribution in [0.1, 0.15) is 31.4 Å². The minimum atomic E-state index is -0.260. The highest BCUT2D eigenvalue weighted by Crippen LogP contribution is 2.37. The molecule has 8 nitrogen and oxygen atoms in total. The van der Waals surface area contributed by atoms with E-state index in [-0.39, 0.29) is 11.2 Å². The van der Waals surface area contributed by atoms with Crippen molar-refractivity contribution in [3.63, 3.8) is 0 Å². The van der Waals surface area contributed by atoms with Crippen molar-refractivity contribution in [2.24, 2.45) is 0 Å². The zero-order valence-corrected chi connectivity index (χ0v) is 15.1. The van der Waals surface area contributed by atoms with E-state index in [1.807, 2.05) is 46.6 Å². The quantitative estimate of drug-likeness (QED) is 0.641. The van der Waals surface area contributed by atoms with Crippen LogP contribution >= 0.6 is 11.8 Å². The first-order chi connectivity index (χ1) is 12.7. The van der Waals surface area contributed by atoms with Gasteiger partial charge >= 0.3 is 0 Å². The summed E-state index contributed by atoms with van der Waals surface area (Å²) in [5.41, 5.74) is 2.08. The Hall–Kier alpha value is -2.68. The molecule has 4 rings (SSSR count). The molecular formula is C17H19N7OS. The second-order valence-electron chi connectivity index (χ2n) is 6.25. The highest BCUT2D eigenvalue weighted by molar-refractivity contribution is 8.00. The molecule has 0 saturated heterocycles. The molecule has 9 heteroatoms. The van der Waals surface area contributed by atoms with Crippen molar-refractivity contribution in [3.8, 4) is 5.69 Å². The molecule has 1 atom stereocenters. The molecule has 134 valence electrons. The van der Waals surface area contributed by atoms with E-state index < -0.39 is 0 Å². The number of hydrogen-bond acceptors (Lipinski definition) is 6. The van der Waals surface area contributed by atoms with Gasteiger partial charge in [-0.1, -0.05) is 23.9 Å². The lowest BCUT2D eigenvalue weighted by Gasteiger charge is -2.12. The van der Waals surface area contributed by atoms with Crippen molar-refractivity contribution in [1.29, 1.82) is 0 Å². The average molecular weight is 369 g/mol. The minimum absolute atomic E-state index is 0.0287. The molecule has 26 heavy (non-hydrogen) atoms. The third-order valence-electron chi connectivity index (χ3n) is 4.21. The largest absolute Gasteiger partial charge is 0.351 e. The Kier molecular flexibility index (Phi) is 4.70. The number of thioether (sulfide) groups is 1. The molecule has 1 aromatic carbocycles. The first-order valence-corrected chi connectivity index (χ1v) is 9.38. The zero-order valence-electron chi connectivity index (χ0n) is 14.3. The SMILES string of the molecule is CC(Sc1nnnn1C1CC1)C(=O)NCc1ccc(-n2ccnc2)cc1. The third kappa shape index (κ3) is 3.77. The van der Waals surface area contributed by atoms with Gasteiger partial charge in [-0.25, -0.2) is 9.67 Å². The fourth-order valence-corrected chi connectivity index (χ4v) is 3.44. The Morgan fingerprint density at radius 3 is 2.85 bits per heavy atom. The van der Waals surface area contributed by atoms with Gasteiger partial charge in [-0.15, -0.1) is 5.10 Å². The summed E-state index contributed by atoms with van der Waals surface area (Å²) in [5.74, 6) is -0.0287. The number of benzene rings is 1. The van der Waals surface area contributed by atoms with Gasteiger partial charge < -0.3 is 9.88 Å². The molecule has 1 unspecified atom stereocenters. The van der Waals surface area contributed by atoms with Crippen LogP contribution in [0.2, 0.25) is 0 Å². The number of aromatic nitrogens is 6. The van der Waals surface area contributed by atoms with E-state index in [4.69, 9.17) is 0 Å². The lowest BCUT2D eigenvalue weighted by atomic mass is 10.2. The summed E-state index contributed by atoms with van der Waals surface area (Å²) in [7, 11) is 0. The van der Waals surface area contributed by atoms with E-state index in [2.05, 4.69) is 25.8 Å². The lowest BCUT2D eigenvalue weighted by molar-refractivity contribution is -0.120. The highest BCUT2D eigenvalue weighted by Gasteiger charge is 2.29. The van der Waals surface area contributed by atoms with Crippen LogP contribution in [0.4, 0.5) is 0 Å². The predicted molar refractivity (Wildman–Crippen MR) is 96.8 cm³/mol. The van der Waals surface area contributed by atoms with Gasteiger partial charge in [0.15, 0.2) is 0 Å². The topological polar surface area (TPSA) is 90.5 Å². The summed E-state index contributed by atoms with van der Waals surface area (Å²) in [5, 5.41) is 15.2. The summed E-state index contributed by atoms with van der Waals surface area (Å²) in [4.78, 5) is 16.4. The van der Waals surface area contributed by atoms with Crippen LogP contribution in [0.15, 0.2) is 48.1 Å². The summed E-state index contributed by atoms with van der Waals surface area (Å²) >= 11 is 1.39. The van der Waals surface area contributed by atoms with E-state index >= 15 is 0 Å². The van der Waals surface area contributed by atoms with E-state index in [9.17, 15) is 4.79 Å².